The van der Waals surface area contributed by atoms with Crippen LogP contribution in [0.25, 0.3) is 0 Å². The first-order valence-electron chi connectivity index (χ1n) is 7.53. The van der Waals surface area contributed by atoms with E-state index in [1.165, 1.54) is 18.4 Å². The fourth-order valence-corrected chi connectivity index (χ4v) is 4.50. The van der Waals surface area contributed by atoms with Gasteiger partial charge < -0.3 is 14.4 Å². The minimum absolute atomic E-state index is 0.115. The molecule has 120 valence electrons. The second-order valence-electron chi connectivity index (χ2n) is 6.62. The molecule has 0 spiro atoms. The number of fused-ring (bicyclic) bond motifs is 1. The largest absolute Gasteiger partial charge is 0.465 e. The number of Topliss-reactive ketones (excluding diaryl/α,β-unsaturated/α-hetero) is 1. The number of carbonyl (C=O) groups excluding carboxylic acids is 2. The Morgan fingerprint density at radius 1 is 1.27 bits per heavy atom. The van der Waals surface area contributed by atoms with Gasteiger partial charge in [-0.15, -0.1) is 11.3 Å². The van der Waals surface area contributed by atoms with Gasteiger partial charge in [-0.3, -0.25) is 4.79 Å². The predicted octanol–water partition coefficient (Wildman–Crippen LogP) is 2.53. The molecule has 0 amide bonds. The van der Waals surface area contributed by atoms with E-state index in [2.05, 4.69) is 18.7 Å². The normalized spacial score (nSPS) is 20.7. The first kappa shape index (κ1) is 15.5. The first-order valence-corrected chi connectivity index (χ1v) is 8.34. The number of esters is 1. The smallest absolute Gasteiger partial charge is 0.341 e. The molecule has 2 heterocycles. The Morgan fingerprint density at radius 2 is 1.95 bits per heavy atom. The van der Waals surface area contributed by atoms with Crippen molar-refractivity contribution in [2.45, 2.75) is 26.7 Å². The number of rotatable bonds is 2. The lowest BCUT2D eigenvalue weighted by molar-refractivity contribution is 0.0599. The minimum atomic E-state index is -0.343. The molecule has 0 aromatic carbocycles. The Labute approximate surface area is 134 Å². The number of ketones is 1. The zero-order valence-corrected chi connectivity index (χ0v) is 14.0. The van der Waals surface area contributed by atoms with E-state index in [-0.39, 0.29) is 17.2 Å². The highest BCUT2D eigenvalue weighted by Crippen LogP contribution is 2.45. The van der Waals surface area contributed by atoms with E-state index < -0.39 is 0 Å². The average molecular weight is 323 g/mol. The van der Waals surface area contributed by atoms with Crippen molar-refractivity contribution in [1.82, 2.24) is 0 Å². The van der Waals surface area contributed by atoms with Gasteiger partial charge in [0.1, 0.15) is 5.00 Å². The Balaban J connectivity index is 2.11. The monoisotopic (exact) mass is 323 g/mol. The molecule has 1 aromatic rings. The maximum absolute atomic E-state index is 12.5. The zero-order valence-electron chi connectivity index (χ0n) is 13.2. The van der Waals surface area contributed by atoms with Gasteiger partial charge in [0.25, 0.3) is 0 Å². The first-order chi connectivity index (χ1) is 10.4. The highest BCUT2D eigenvalue weighted by Gasteiger charge is 2.38. The molecule has 6 heteroatoms. The van der Waals surface area contributed by atoms with Gasteiger partial charge in [-0.1, -0.05) is 13.8 Å². The number of methoxy groups -OCH3 is 1. The number of hydrogen-bond acceptors (Lipinski definition) is 6. The summed E-state index contributed by atoms with van der Waals surface area (Å²) in [4.78, 5) is 27.7. The molecule has 0 N–H and O–H groups in total. The highest BCUT2D eigenvalue weighted by atomic mass is 32.1. The molecule has 1 aliphatic carbocycles. The average Bonchev–Trinajstić information content (AvgIpc) is 2.85. The number of hydrogen-bond donors (Lipinski definition) is 0. The SMILES string of the molecule is COC(=O)c1c(N2CCOCC2)sc2c1CC(C)(C)CC2=O. The van der Waals surface area contributed by atoms with Crippen LogP contribution in [-0.4, -0.2) is 45.2 Å². The third-order valence-electron chi connectivity index (χ3n) is 4.22. The van der Waals surface area contributed by atoms with Crippen LogP contribution in [0.3, 0.4) is 0 Å². The van der Waals surface area contributed by atoms with Gasteiger partial charge in [0.05, 0.1) is 30.8 Å². The number of nitrogens with zero attached hydrogens (tertiary/aromatic N) is 1. The highest BCUT2D eigenvalue weighted by molar-refractivity contribution is 7.18. The molecule has 2 aliphatic rings. The summed E-state index contributed by atoms with van der Waals surface area (Å²) >= 11 is 1.44. The summed E-state index contributed by atoms with van der Waals surface area (Å²) in [6, 6.07) is 0. The van der Waals surface area contributed by atoms with E-state index in [0.29, 0.717) is 25.2 Å². The number of anilines is 1. The molecular formula is C16H21NO4S. The van der Waals surface area contributed by atoms with Crippen molar-refractivity contribution in [3.63, 3.8) is 0 Å². The molecule has 3 rings (SSSR count). The second kappa shape index (κ2) is 5.66. The third kappa shape index (κ3) is 2.65. The molecular weight excluding hydrogens is 302 g/mol. The lowest BCUT2D eigenvalue weighted by atomic mass is 9.75. The molecule has 1 fully saturated rings. The molecule has 0 saturated carbocycles. The fourth-order valence-electron chi connectivity index (χ4n) is 3.20. The van der Waals surface area contributed by atoms with Crippen molar-refractivity contribution in [2.24, 2.45) is 5.41 Å². The summed E-state index contributed by atoms with van der Waals surface area (Å²) < 4.78 is 10.4. The van der Waals surface area contributed by atoms with E-state index in [0.717, 1.165) is 35.0 Å². The van der Waals surface area contributed by atoms with E-state index in [4.69, 9.17) is 9.47 Å². The Hall–Kier alpha value is -1.40. The van der Waals surface area contributed by atoms with Crippen LogP contribution in [0.5, 0.6) is 0 Å². The molecule has 1 aliphatic heterocycles. The van der Waals surface area contributed by atoms with Crippen LogP contribution in [0.4, 0.5) is 5.00 Å². The van der Waals surface area contributed by atoms with Crippen LogP contribution < -0.4 is 4.90 Å². The van der Waals surface area contributed by atoms with Crippen LogP contribution >= 0.6 is 11.3 Å². The lowest BCUT2D eigenvalue weighted by Crippen LogP contribution is -2.36. The summed E-state index contributed by atoms with van der Waals surface area (Å²) in [7, 11) is 1.39. The summed E-state index contributed by atoms with van der Waals surface area (Å²) in [6.45, 7) is 6.90. The van der Waals surface area contributed by atoms with Crippen LogP contribution in [0.1, 0.15) is 45.9 Å². The zero-order chi connectivity index (χ0) is 15.9. The molecule has 0 atom stereocenters. The van der Waals surface area contributed by atoms with Crippen molar-refractivity contribution in [2.75, 3.05) is 38.3 Å². The predicted molar refractivity (Wildman–Crippen MR) is 85.1 cm³/mol. The summed E-state index contributed by atoms with van der Waals surface area (Å²) in [5.41, 5.74) is 1.35. The maximum atomic E-state index is 12.5. The van der Waals surface area contributed by atoms with Gasteiger partial charge in [0.2, 0.25) is 0 Å². The van der Waals surface area contributed by atoms with Crippen LogP contribution in [-0.2, 0) is 15.9 Å². The van der Waals surface area contributed by atoms with Gasteiger partial charge in [0, 0.05) is 19.5 Å². The number of morpholine rings is 1. The molecule has 1 saturated heterocycles. The van der Waals surface area contributed by atoms with Crippen molar-refractivity contribution in [3.05, 3.63) is 16.0 Å². The van der Waals surface area contributed by atoms with Gasteiger partial charge in [-0.05, 0) is 17.4 Å². The minimum Gasteiger partial charge on any atom is -0.465 e. The molecule has 1 aromatic heterocycles. The topological polar surface area (TPSA) is 55.8 Å². The van der Waals surface area contributed by atoms with E-state index in [9.17, 15) is 9.59 Å². The van der Waals surface area contributed by atoms with Crippen molar-refractivity contribution >= 4 is 28.1 Å². The number of carbonyl (C=O) groups is 2. The van der Waals surface area contributed by atoms with E-state index in [1.807, 2.05) is 0 Å². The molecule has 0 unspecified atom stereocenters. The van der Waals surface area contributed by atoms with Gasteiger partial charge in [-0.25, -0.2) is 4.79 Å². The Kier molecular flexibility index (Phi) is 3.99. The van der Waals surface area contributed by atoms with Gasteiger partial charge in [0.15, 0.2) is 5.78 Å². The standard InChI is InChI=1S/C16H21NO4S/c1-16(2)8-10-12(15(19)20-3)14(17-4-6-21-7-5-17)22-13(10)11(18)9-16/h4-9H2,1-3H3. The summed E-state index contributed by atoms with van der Waals surface area (Å²) in [5, 5.41) is 0.867. The molecule has 5 nitrogen and oxygen atoms in total. The van der Waals surface area contributed by atoms with Crippen molar-refractivity contribution < 1.29 is 19.1 Å². The molecule has 22 heavy (non-hydrogen) atoms. The van der Waals surface area contributed by atoms with Gasteiger partial charge >= 0.3 is 5.97 Å². The van der Waals surface area contributed by atoms with Crippen molar-refractivity contribution in [1.29, 1.82) is 0 Å². The number of ether oxygens (including phenoxy) is 2. The van der Waals surface area contributed by atoms with Crippen LogP contribution in [0, 0.1) is 5.41 Å². The Bertz CT molecular complexity index is 614. The second-order valence-corrected chi connectivity index (χ2v) is 7.62. The van der Waals surface area contributed by atoms with E-state index >= 15 is 0 Å². The van der Waals surface area contributed by atoms with E-state index in [1.54, 1.807) is 0 Å². The maximum Gasteiger partial charge on any atom is 0.341 e. The number of thiophene rings is 1. The fraction of sp³-hybridized carbons (Fsp3) is 0.625. The lowest BCUT2D eigenvalue weighted by Gasteiger charge is -2.29. The van der Waals surface area contributed by atoms with Gasteiger partial charge in [-0.2, -0.15) is 0 Å². The molecule has 0 bridgehead atoms. The molecule has 0 radical (unpaired) electrons. The van der Waals surface area contributed by atoms with Crippen LogP contribution in [0.15, 0.2) is 0 Å². The van der Waals surface area contributed by atoms with Crippen LogP contribution in [0.2, 0.25) is 0 Å². The summed E-state index contributed by atoms with van der Waals surface area (Å²) in [6.07, 6.45) is 1.27. The third-order valence-corrected chi connectivity index (χ3v) is 5.56. The van der Waals surface area contributed by atoms with Crippen molar-refractivity contribution in [3.8, 4) is 0 Å². The summed E-state index contributed by atoms with van der Waals surface area (Å²) in [5.74, 6) is -0.203. The quantitative estimate of drug-likeness (QED) is 0.783. The Morgan fingerprint density at radius 3 is 2.59 bits per heavy atom.